The van der Waals surface area contributed by atoms with E-state index in [9.17, 15) is 9.90 Å². The van der Waals surface area contributed by atoms with Gasteiger partial charge >= 0.3 is 5.97 Å². The zero-order valence-electron chi connectivity index (χ0n) is 17.9. The van der Waals surface area contributed by atoms with Crippen molar-refractivity contribution in [3.8, 4) is 5.75 Å². The van der Waals surface area contributed by atoms with Crippen LogP contribution in [0.2, 0.25) is 0 Å². The molecule has 1 aliphatic rings. The number of piperazine rings is 1. The van der Waals surface area contributed by atoms with Crippen molar-refractivity contribution < 1.29 is 14.6 Å². The number of hydrogen-bond acceptors (Lipinski definition) is 4. The van der Waals surface area contributed by atoms with Crippen LogP contribution in [-0.2, 0) is 11.4 Å². The fourth-order valence-corrected chi connectivity index (χ4v) is 4.23. The van der Waals surface area contributed by atoms with Gasteiger partial charge in [0.25, 0.3) is 0 Å². The van der Waals surface area contributed by atoms with E-state index in [1.807, 2.05) is 61.7 Å². The van der Waals surface area contributed by atoms with Gasteiger partial charge in [-0.15, -0.1) is 0 Å². The summed E-state index contributed by atoms with van der Waals surface area (Å²) in [6.07, 6.45) is 1.82. The molecule has 3 aromatic rings. The Morgan fingerprint density at radius 3 is 2.58 bits per heavy atom. The molecule has 0 aliphatic carbocycles. The molecule has 1 fully saturated rings. The molecule has 162 valence electrons. The summed E-state index contributed by atoms with van der Waals surface area (Å²) >= 11 is 0. The Balaban J connectivity index is 1.53. The average molecular weight is 420 g/mol. The Kier molecular flexibility index (Phi) is 6.39. The molecule has 31 heavy (non-hydrogen) atoms. The van der Waals surface area contributed by atoms with Gasteiger partial charge in [0, 0.05) is 55.4 Å². The number of nitrogens with zero attached hydrogens (tertiary/aromatic N) is 2. The smallest absolute Gasteiger partial charge is 0.325 e. The van der Waals surface area contributed by atoms with E-state index in [4.69, 9.17) is 4.74 Å². The van der Waals surface area contributed by atoms with Gasteiger partial charge < -0.3 is 14.8 Å². The molecular weight excluding hydrogens is 390 g/mol. The summed E-state index contributed by atoms with van der Waals surface area (Å²) in [5, 5.41) is 11.0. The van der Waals surface area contributed by atoms with Crippen molar-refractivity contribution >= 4 is 16.9 Å². The second kappa shape index (κ2) is 9.37. The first-order valence-electron chi connectivity index (χ1n) is 10.6. The number of ether oxygens (including phenoxy) is 1. The number of carbonyl (C=O) groups is 1. The normalized spacial score (nSPS) is 16.3. The van der Waals surface area contributed by atoms with Crippen molar-refractivity contribution in [3.63, 3.8) is 0 Å². The van der Waals surface area contributed by atoms with Gasteiger partial charge in [0.1, 0.15) is 18.4 Å². The van der Waals surface area contributed by atoms with Crippen LogP contribution >= 0.6 is 0 Å². The summed E-state index contributed by atoms with van der Waals surface area (Å²) in [6, 6.07) is 15.1. The monoisotopic (exact) mass is 419 g/mol. The van der Waals surface area contributed by atoms with Crippen molar-refractivity contribution in [2.75, 3.05) is 32.7 Å². The zero-order valence-corrected chi connectivity index (χ0v) is 17.9. The maximum atomic E-state index is 12.3. The molecule has 0 unspecified atom stereocenters. The Hall–Kier alpha value is -3.09. The minimum Gasteiger partial charge on any atom is -0.489 e. The van der Waals surface area contributed by atoms with E-state index in [0.717, 1.165) is 53.0 Å². The lowest BCUT2D eigenvalue weighted by molar-refractivity contribution is -0.144. The fraction of sp³-hybridized carbons (Fsp3) is 0.320. The SMILES string of the molecule is C=C(C)CN1CCN([C@@H](C(=O)O)c2c[nH]c3ccc(OCc4ccccc4)cc23)CC1. The van der Waals surface area contributed by atoms with Crippen LogP contribution in [0.15, 0.2) is 66.9 Å². The first kappa shape index (κ1) is 21.2. The number of rotatable bonds is 8. The van der Waals surface area contributed by atoms with Crippen molar-refractivity contribution in [2.45, 2.75) is 19.6 Å². The fourth-order valence-electron chi connectivity index (χ4n) is 4.23. The third kappa shape index (κ3) is 4.98. The molecule has 2 aromatic carbocycles. The highest BCUT2D eigenvalue weighted by Gasteiger charge is 2.32. The first-order chi connectivity index (χ1) is 15.0. The molecule has 1 aromatic heterocycles. The quantitative estimate of drug-likeness (QED) is 0.539. The summed E-state index contributed by atoms with van der Waals surface area (Å²) in [4.78, 5) is 19.9. The minimum atomic E-state index is -0.829. The second-order valence-electron chi connectivity index (χ2n) is 8.24. The van der Waals surface area contributed by atoms with Gasteiger partial charge in [0.05, 0.1) is 0 Å². The summed E-state index contributed by atoms with van der Waals surface area (Å²) < 4.78 is 5.97. The summed E-state index contributed by atoms with van der Waals surface area (Å²) in [5.41, 5.74) is 3.91. The number of fused-ring (bicyclic) bond motifs is 1. The minimum absolute atomic E-state index is 0.471. The number of H-pyrrole nitrogens is 1. The molecule has 2 heterocycles. The molecule has 6 nitrogen and oxygen atoms in total. The zero-order chi connectivity index (χ0) is 21.8. The number of aromatic nitrogens is 1. The van der Waals surface area contributed by atoms with E-state index in [2.05, 4.69) is 21.4 Å². The highest BCUT2D eigenvalue weighted by Crippen LogP contribution is 2.32. The maximum absolute atomic E-state index is 12.3. The molecule has 2 N–H and O–H groups in total. The van der Waals surface area contributed by atoms with E-state index >= 15 is 0 Å². The van der Waals surface area contributed by atoms with Crippen molar-refractivity contribution in [1.82, 2.24) is 14.8 Å². The van der Waals surface area contributed by atoms with Gasteiger partial charge in [-0.05, 0) is 30.7 Å². The average Bonchev–Trinajstić information content (AvgIpc) is 3.17. The number of carboxylic acids is 1. The van der Waals surface area contributed by atoms with E-state index in [-0.39, 0.29) is 0 Å². The van der Waals surface area contributed by atoms with Crippen LogP contribution in [0.5, 0.6) is 5.75 Å². The molecule has 0 amide bonds. The van der Waals surface area contributed by atoms with Crippen LogP contribution in [0.3, 0.4) is 0 Å². The number of hydrogen-bond donors (Lipinski definition) is 2. The van der Waals surface area contributed by atoms with E-state index < -0.39 is 12.0 Å². The highest BCUT2D eigenvalue weighted by atomic mass is 16.5. The molecular formula is C25H29N3O3. The predicted octanol–water partition coefficient (Wildman–Crippen LogP) is 4.07. The maximum Gasteiger partial charge on any atom is 0.325 e. The number of nitrogens with one attached hydrogen (secondary N) is 1. The van der Waals surface area contributed by atoms with E-state index in [1.165, 1.54) is 0 Å². The molecule has 0 radical (unpaired) electrons. The van der Waals surface area contributed by atoms with Crippen molar-refractivity contribution in [1.29, 1.82) is 0 Å². The Bertz CT molecular complexity index is 1050. The lowest BCUT2D eigenvalue weighted by Gasteiger charge is -2.37. The lowest BCUT2D eigenvalue weighted by atomic mass is 10.0. The van der Waals surface area contributed by atoms with Crippen LogP contribution in [-0.4, -0.2) is 58.6 Å². The van der Waals surface area contributed by atoms with Crippen LogP contribution in [0.25, 0.3) is 10.9 Å². The van der Waals surface area contributed by atoms with Gasteiger partial charge in [-0.1, -0.05) is 42.5 Å². The van der Waals surface area contributed by atoms with Crippen LogP contribution < -0.4 is 4.74 Å². The van der Waals surface area contributed by atoms with Crippen LogP contribution in [0, 0.1) is 0 Å². The van der Waals surface area contributed by atoms with Gasteiger partial charge in [-0.3, -0.25) is 14.6 Å². The van der Waals surface area contributed by atoms with Gasteiger partial charge in [-0.2, -0.15) is 0 Å². The highest BCUT2D eigenvalue weighted by molar-refractivity contribution is 5.90. The Morgan fingerprint density at radius 1 is 1.16 bits per heavy atom. The molecule has 4 rings (SSSR count). The van der Waals surface area contributed by atoms with E-state index in [1.54, 1.807) is 0 Å². The molecule has 0 spiro atoms. The Morgan fingerprint density at radius 2 is 1.90 bits per heavy atom. The van der Waals surface area contributed by atoms with Gasteiger partial charge in [0.15, 0.2) is 0 Å². The largest absolute Gasteiger partial charge is 0.489 e. The molecule has 0 saturated carbocycles. The molecule has 1 saturated heterocycles. The molecule has 1 atom stereocenters. The third-order valence-corrected chi connectivity index (χ3v) is 5.73. The first-order valence-corrected chi connectivity index (χ1v) is 10.6. The van der Waals surface area contributed by atoms with Crippen molar-refractivity contribution in [2.24, 2.45) is 0 Å². The predicted molar refractivity (Wildman–Crippen MR) is 122 cm³/mol. The molecule has 1 aliphatic heterocycles. The van der Waals surface area contributed by atoms with Crippen LogP contribution in [0.4, 0.5) is 0 Å². The van der Waals surface area contributed by atoms with Gasteiger partial charge in [0.2, 0.25) is 0 Å². The van der Waals surface area contributed by atoms with Crippen molar-refractivity contribution in [3.05, 3.63) is 78.0 Å². The second-order valence-corrected chi connectivity index (χ2v) is 8.24. The number of aliphatic carboxylic acids is 1. The lowest BCUT2D eigenvalue weighted by Crippen LogP contribution is -2.49. The number of carboxylic acid groups (broad SMARTS) is 1. The standard InChI is InChI=1S/C25H29N3O3/c1-18(2)16-27-10-12-28(13-11-27)24(25(29)30)22-15-26-23-9-8-20(14-21(22)23)31-17-19-6-4-3-5-7-19/h3-9,14-15,24,26H,1,10-13,16-17H2,2H3,(H,29,30)/t24-/m1/s1. The van der Waals surface area contributed by atoms with Gasteiger partial charge in [-0.25, -0.2) is 0 Å². The summed E-state index contributed by atoms with van der Waals surface area (Å²) in [6.45, 7) is 10.4. The van der Waals surface area contributed by atoms with Crippen LogP contribution in [0.1, 0.15) is 24.1 Å². The summed E-state index contributed by atoms with van der Waals surface area (Å²) in [5.74, 6) is -0.0996. The topological polar surface area (TPSA) is 68.8 Å². The Labute approximate surface area is 182 Å². The van der Waals surface area contributed by atoms with E-state index in [0.29, 0.717) is 19.7 Å². The summed E-state index contributed by atoms with van der Waals surface area (Å²) in [7, 11) is 0. The molecule has 0 bridgehead atoms. The number of aromatic amines is 1. The molecule has 6 heteroatoms. The number of benzene rings is 2. The third-order valence-electron chi connectivity index (χ3n) is 5.73.